The van der Waals surface area contributed by atoms with E-state index in [0.717, 1.165) is 6.42 Å². The van der Waals surface area contributed by atoms with E-state index in [-0.39, 0.29) is 24.4 Å². The average molecular weight is 238 g/mol. The number of anilines is 1. The highest BCUT2D eigenvalue weighted by atomic mass is 19.1. The minimum Gasteiger partial charge on any atom is -0.396 e. The third-order valence-electron chi connectivity index (χ3n) is 2.91. The molecule has 1 aromatic rings. The molecule has 0 saturated carbocycles. The van der Waals surface area contributed by atoms with E-state index >= 15 is 0 Å². The van der Waals surface area contributed by atoms with Crippen molar-refractivity contribution >= 4 is 11.7 Å². The van der Waals surface area contributed by atoms with Crippen molar-refractivity contribution in [2.75, 3.05) is 25.0 Å². The van der Waals surface area contributed by atoms with Crippen molar-refractivity contribution in [3.8, 4) is 0 Å². The summed E-state index contributed by atoms with van der Waals surface area (Å²) in [7, 11) is 0. The number of carbonyl (C=O) groups excluding carboxylic acids is 1. The van der Waals surface area contributed by atoms with E-state index < -0.39 is 0 Å². The second-order valence-electron chi connectivity index (χ2n) is 4.22. The first-order chi connectivity index (χ1) is 8.19. The molecule has 5 heteroatoms. The summed E-state index contributed by atoms with van der Waals surface area (Å²) in [5, 5.41) is 11.6. The van der Waals surface area contributed by atoms with Gasteiger partial charge in [0.25, 0.3) is 0 Å². The van der Waals surface area contributed by atoms with E-state index in [0.29, 0.717) is 18.8 Å². The molecule has 2 rings (SSSR count). The summed E-state index contributed by atoms with van der Waals surface area (Å²) in [5.41, 5.74) is 0.447. The Hall–Kier alpha value is -1.62. The highest BCUT2D eigenvalue weighted by Crippen LogP contribution is 2.17. The summed E-state index contributed by atoms with van der Waals surface area (Å²) in [6, 6.07) is 5.54. The fourth-order valence-corrected chi connectivity index (χ4v) is 1.93. The zero-order valence-electron chi connectivity index (χ0n) is 9.40. The smallest absolute Gasteiger partial charge is 0.321 e. The van der Waals surface area contributed by atoms with Crippen LogP contribution in [-0.2, 0) is 0 Å². The Bertz CT molecular complexity index is 411. The Kier molecular flexibility index (Phi) is 3.58. The Morgan fingerprint density at radius 2 is 2.41 bits per heavy atom. The fourth-order valence-electron chi connectivity index (χ4n) is 1.93. The van der Waals surface area contributed by atoms with E-state index in [1.807, 2.05) is 0 Å². The molecule has 0 bridgehead atoms. The molecule has 0 radical (unpaired) electrons. The number of rotatable bonds is 2. The lowest BCUT2D eigenvalue weighted by atomic mass is 10.1. The highest BCUT2D eigenvalue weighted by molar-refractivity contribution is 5.89. The zero-order chi connectivity index (χ0) is 12.3. The maximum absolute atomic E-state index is 12.9. The highest BCUT2D eigenvalue weighted by Gasteiger charge is 2.25. The number of amides is 2. The van der Waals surface area contributed by atoms with Gasteiger partial charge in [0.2, 0.25) is 0 Å². The summed E-state index contributed by atoms with van der Waals surface area (Å²) in [6.07, 6.45) is 0.813. The third-order valence-corrected chi connectivity index (χ3v) is 2.91. The molecule has 1 unspecified atom stereocenters. The van der Waals surface area contributed by atoms with Crippen LogP contribution in [0.2, 0.25) is 0 Å². The van der Waals surface area contributed by atoms with E-state index in [2.05, 4.69) is 5.32 Å². The lowest BCUT2D eigenvalue weighted by molar-refractivity contribution is 0.209. The van der Waals surface area contributed by atoms with E-state index in [9.17, 15) is 9.18 Å². The number of urea groups is 1. The predicted molar refractivity (Wildman–Crippen MR) is 62.2 cm³/mol. The number of benzene rings is 1. The zero-order valence-corrected chi connectivity index (χ0v) is 9.40. The number of likely N-dealkylation sites (tertiary alicyclic amines) is 1. The van der Waals surface area contributed by atoms with Gasteiger partial charge in [0.1, 0.15) is 5.82 Å². The Labute approximate surface area is 99.0 Å². The van der Waals surface area contributed by atoms with Crippen molar-refractivity contribution < 1.29 is 14.3 Å². The number of aliphatic hydroxyl groups excluding tert-OH is 1. The molecule has 2 N–H and O–H groups in total. The summed E-state index contributed by atoms with van der Waals surface area (Å²) in [5.74, 6) is -0.217. The van der Waals surface area contributed by atoms with Crippen LogP contribution in [0.4, 0.5) is 14.9 Å². The van der Waals surface area contributed by atoms with Gasteiger partial charge in [-0.1, -0.05) is 6.07 Å². The maximum atomic E-state index is 12.9. The van der Waals surface area contributed by atoms with Gasteiger partial charge in [0, 0.05) is 31.3 Å². The molecular formula is C12H15FN2O2. The van der Waals surface area contributed by atoms with Gasteiger partial charge in [0.15, 0.2) is 0 Å². The molecule has 1 aliphatic rings. The molecule has 17 heavy (non-hydrogen) atoms. The van der Waals surface area contributed by atoms with Crippen LogP contribution < -0.4 is 5.32 Å². The van der Waals surface area contributed by atoms with Crippen molar-refractivity contribution in [2.24, 2.45) is 5.92 Å². The minimum absolute atomic E-state index is 0.101. The molecule has 1 aromatic carbocycles. The monoisotopic (exact) mass is 238 g/mol. The van der Waals surface area contributed by atoms with Gasteiger partial charge in [0.05, 0.1) is 0 Å². The second-order valence-corrected chi connectivity index (χ2v) is 4.22. The van der Waals surface area contributed by atoms with Crippen LogP contribution in [-0.4, -0.2) is 35.7 Å². The van der Waals surface area contributed by atoms with Crippen LogP contribution in [0.1, 0.15) is 6.42 Å². The van der Waals surface area contributed by atoms with Gasteiger partial charge in [-0.25, -0.2) is 9.18 Å². The lowest BCUT2D eigenvalue weighted by Crippen LogP contribution is -2.33. The number of halogens is 1. The molecule has 4 nitrogen and oxygen atoms in total. The van der Waals surface area contributed by atoms with E-state index in [1.54, 1.807) is 17.0 Å². The van der Waals surface area contributed by atoms with Crippen molar-refractivity contribution in [1.29, 1.82) is 0 Å². The quantitative estimate of drug-likeness (QED) is 0.823. The Morgan fingerprint density at radius 1 is 1.59 bits per heavy atom. The molecule has 0 aromatic heterocycles. The summed E-state index contributed by atoms with van der Waals surface area (Å²) >= 11 is 0. The largest absolute Gasteiger partial charge is 0.396 e. The lowest BCUT2D eigenvalue weighted by Gasteiger charge is -2.17. The Balaban J connectivity index is 1.93. The predicted octanol–water partition coefficient (Wildman–Crippen LogP) is 1.67. The molecule has 0 spiro atoms. The first-order valence-electron chi connectivity index (χ1n) is 5.61. The molecule has 1 atom stereocenters. The topological polar surface area (TPSA) is 52.6 Å². The number of carbonyl (C=O) groups is 1. The molecule has 92 valence electrons. The maximum Gasteiger partial charge on any atom is 0.321 e. The molecular weight excluding hydrogens is 223 g/mol. The van der Waals surface area contributed by atoms with Crippen LogP contribution in [0, 0.1) is 11.7 Å². The van der Waals surface area contributed by atoms with Crippen molar-refractivity contribution in [1.82, 2.24) is 4.90 Å². The van der Waals surface area contributed by atoms with Gasteiger partial charge in [-0.05, 0) is 24.6 Å². The summed E-state index contributed by atoms with van der Waals surface area (Å²) in [4.78, 5) is 13.4. The van der Waals surface area contributed by atoms with Crippen LogP contribution in [0.25, 0.3) is 0 Å². The Morgan fingerprint density at radius 3 is 3.06 bits per heavy atom. The number of nitrogens with zero attached hydrogens (tertiary/aromatic N) is 1. The van der Waals surface area contributed by atoms with Crippen molar-refractivity contribution in [2.45, 2.75) is 6.42 Å². The summed E-state index contributed by atoms with van der Waals surface area (Å²) < 4.78 is 12.9. The second kappa shape index (κ2) is 5.14. The van der Waals surface area contributed by atoms with E-state index in [4.69, 9.17) is 5.11 Å². The minimum atomic E-state index is -0.377. The first-order valence-corrected chi connectivity index (χ1v) is 5.61. The first kappa shape index (κ1) is 11.9. The molecule has 1 aliphatic heterocycles. The SMILES string of the molecule is O=C(Nc1cccc(F)c1)N1CCC(CO)C1. The van der Waals surface area contributed by atoms with Gasteiger partial charge in [-0.2, -0.15) is 0 Å². The summed E-state index contributed by atoms with van der Waals surface area (Å²) in [6.45, 7) is 1.29. The normalized spacial score (nSPS) is 19.4. The third kappa shape index (κ3) is 2.94. The number of aliphatic hydroxyl groups is 1. The average Bonchev–Trinajstić information content (AvgIpc) is 2.77. The number of hydrogen-bond acceptors (Lipinski definition) is 2. The van der Waals surface area contributed by atoms with Crippen LogP contribution in [0.3, 0.4) is 0 Å². The van der Waals surface area contributed by atoms with Gasteiger partial charge in [-0.15, -0.1) is 0 Å². The molecule has 1 heterocycles. The van der Waals surface area contributed by atoms with Crippen LogP contribution in [0.15, 0.2) is 24.3 Å². The van der Waals surface area contributed by atoms with Crippen molar-refractivity contribution in [3.63, 3.8) is 0 Å². The standard InChI is InChI=1S/C12H15FN2O2/c13-10-2-1-3-11(6-10)14-12(17)15-5-4-9(7-15)8-16/h1-3,6,9,16H,4-5,7-8H2,(H,14,17). The molecule has 2 amide bonds. The van der Waals surface area contributed by atoms with Crippen LogP contribution in [0.5, 0.6) is 0 Å². The number of nitrogens with one attached hydrogen (secondary N) is 1. The van der Waals surface area contributed by atoms with Gasteiger partial charge in [-0.3, -0.25) is 0 Å². The van der Waals surface area contributed by atoms with E-state index in [1.165, 1.54) is 12.1 Å². The molecule has 0 aliphatic carbocycles. The van der Waals surface area contributed by atoms with Crippen molar-refractivity contribution in [3.05, 3.63) is 30.1 Å². The van der Waals surface area contributed by atoms with Crippen LogP contribution >= 0.6 is 0 Å². The number of hydrogen-bond donors (Lipinski definition) is 2. The van der Waals surface area contributed by atoms with Gasteiger partial charge < -0.3 is 15.3 Å². The van der Waals surface area contributed by atoms with Gasteiger partial charge >= 0.3 is 6.03 Å². The fraction of sp³-hybridized carbons (Fsp3) is 0.417. The molecule has 1 fully saturated rings. The molecule has 1 saturated heterocycles.